The lowest BCUT2D eigenvalue weighted by molar-refractivity contribution is -0.137. The molecule has 0 fully saturated rings. The third kappa shape index (κ3) is 5.25. The molecule has 1 aromatic rings. The molecule has 1 atom stereocenters. The lowest BCUT2D eigenvalue weighted by Crippen LogP contribution is -2.36. The summed E-state index contributed by atoms with van der Waals surface area (Å²) in [4.78, 5) is 21.8. The molecule has 2 amide bonds. The number of aromatic nitrogens is 2. The van der Waals surface area contributed by atoms with Gasteiger partial charge in [0.25, 0.3) is 0 Å². The Balaban J connectivity index is 2.31. The molecule has 0 bridgehead atoms. The molecule has 17 heavy (non-hydrogen) atoms. The van der Waals surface area contributed by atoms with E-state index in [4.69, 9.17) is 5.11 Å². The molecule has 0 spiro atoms. The molecule has 7 nitrogen and oxygen atoms in total. The molecule has 1 heterocycles. The predicted molar refractivity (Wildman–Crippen MR) is 63.1 cm³/mol. The van der Waals surface area contributed by atoms with Gasteiger partial charge < -0.3 is 10.4 Å². The lowest BCUT2D eigenvalue weighted by atomic mass is 10.2. The Morgan fingerprint density at radius 3 is 2.71 bits per heavy atom. The van der Waals surface area contributed by atoms with Gasteiger partial charge in [-0.05, 0) is 20.3 Å². The van der Waals surface area contributed by atoms with Crippen molar-refractivity contribution in [1.29, 1.82) is 0 Å². The number of carboxylic acid groups (broad SMARTS) is 1. The first kappa shape index (κ1) is 13.4. The number of nitrogens with one attached hydrogen (secondary N) is 2. The van der Waals surface area contributed by atoms with Crippen LogP contribution >= 0.6 is 11.3 Å². The summed E-state index contributed by atoms with van der Waals surface area (Å²) in [6.45, 7) is 3.53. The van der Waals surface area contributed by atoms with Gasteiger partial charge in [0.1, 0.15) is 5.01 Å². The van der Waals surface area contributed by atoms with Gasteiger partial charge in [0.15, 0.2) is 0 Å². The highest BCUT2D eigenvalue weighted by atomic mass is 32.1. The van der Waals surface area contributed by atoms with E-state index in [9.17, 15) is 9.59 Å². The monoisotopic (exact) mass is 258 g/mol. The zero-order valence-electron chi connectivity index (χ0n) is 9.56. The molecule has 94 valence electrons. The third-order valence-electron chi connectivity index (χ3n) is 1.92. The predicted octanol–water partition coefficient (Wildman–Crippen LogP) is 1.22. The Morgan fingerprint density at radius 1 is 1.47 bits per heavy atom. The van der Waals surface area contributed by atoms with Crippen LogP contribution < -0.4 is 10.6 Å². The van der Waals surface area contributed by atoms with E-state index in [2.05, 4.69) is 20.8 Å². The van der Waals surface area contributed by atoms with Gasteiger partial charge in [-0.2, -0.15) is 0 Å². The van der Waals surface area contributed by atoms with Crippen molar-refractivity contribution in [3.63, 3.8) is 0 Å². The van der Waals surface area contributed by atoms with Gasteiger partial charge in [0.05, 0.1) is 0 Å². The molecule has 0 radical (unpaired) electrons. The van der Waals surface area contributed by atoms with Gasteiger partial charge in [-0.15, -0.1) is 10.2 Å². The molecule has 3 N–H and O–H groups in total. The summed E-state index contributed by atoms with van der Waals surface area (Å²) in [6.07, 6.45) is 0.414. The first-order chi connectivity index (χ1) is 7.97. The maximum atomic E-state index is 11.4. The average molecular weight is 258 g/mol. The van der Waals surface area contributed by atoms with Crippen molar-refractivity contribution in [3.05, 3.63) is 5.01 Å². The molecule has 0 aromatic carbocycles. The molecule has 8 heteroatoms. The second-order valence-corrected chi connectivity index (χ2v) is 4.74. The maximum Gasteiger partial charge on any atom is 0.321 e. The zero-order valence-corrected chi connectivity index (χ0v) is 10.4. The van der Waals surface area contributed by atoms with Crippen molar-refractivity contribution in [1.82, 2.24) is 15.5 Å². The number of amides is 2. The van der Waals surface area contributed by atoms with Crippen LogP contribution in [0, 0.1) is 6.92 Å². The van der Waals surface area contributed by atoms with Crippen LogP contribution in [0.3, 0.4) is 0 Å². The largest absolute Gasteiger partial charge is 0.481 e. The Labute approximate surface area is 102 Å². The van der Waals surface area contributed by atoms with Crippen LogP contribution in [-0.4, -0.2) is 33.3 Å². The summed E-state index contributed by atoms with van der Waals surface area (Å²) in [5.41, 5.74) is 0. The van der Waals surface area contributed by atoms with Crippen LogP contribution in [0.1, 0.15) is 24.8 Å². The number of hydrogen-bond acceptors (Lipinski definition) is 5. The summed E-state index contributed by atoms with van der Waals surface area (Å²) >= 11 is 1.27. The number of rotatable bonds is 5. The summed E-state index contributed by atoms with van der Waals surface area (Å²) in [5.74, 6) is -0.876. The first-order valence-electron chi connectivity index (χ1n) is 5.07. The minimum atomic E-state index is -0.876. The number of anilines is 1. The lowest BCUT2D eigenvalue weighted by Gasteiger charge is -2.12. The number of carbonyl (C=O) groups excluding carboxylic acids is 1. The fourth-order valence-corrected chi connectivity index (χ4v) is 1.70. The normalized spacial score (nSPS) is 11.9. The summed E-state index contributed by atoms with van der Waals surface area (Å²) in [6, 6.07) is -0.612. The van der Waals surface area contributed by atoms with E-state index in [-0.39, 0.29) is 12.5 Å². The Kier molecular flexibility index (Phi) is 4.83. The number of carbonyl (C=O) groups is 2. The van der Waals surface area contributed by atoms with Gasteiger partial charge in [0, 0.05) is 12.5 Å². The molecule has 1 aromatic heterocycles. The summed E-state index contributed by atoms with van der Waals surface area (Å²) in [5, 5.41) is 22.3. The van der Waals surface area contributed by atoms with Gasteiger partial charge in [0.2, 0.25) is 5.13 Å². The Morgan fingerprint density at radius 2 is 2.18 bits per heavy atom. The SMILES string of the molecule is Cc1nnc(NC(=O)NC(C)CCC(=O)O)s1. The minimum Gasteiger partial charge on any atom is -0.481 e. The van der Waals surface area contributed by atoms with Gasteiger partial charge in [-0.25, -0.2) is 4.79 Å². The Hall–Kier alpha value is -1.70. The van der Waals surface area contributed by atoms with Crippen LogP contribution in [0.15, 0.2) is 0 Å². The van der Waals surface area contributed by atoms with Crippen LogP contribution in [0.4, 0.5) is 9.93 Å². The third-order valence-corrected chi connectivity index (χ3v) is 2.67. The van der Waals surface area contributed by atoms with Gasteiger partial charge in [-0.1, -0.05) is 11.3 Å². The molecule has 0 aliphatic rings. The number of nitrogens with zero attached hydrogens (tertiary/aromatic N) is 2. The fourth-order valence-electron chi connectivity index (χ4n) is 1.12. The van der Waals surface area contributed by atoms with Gasteiger partial charge >= 0.3 is 12.0 Å². The van der Waals surface area contributed by atoms with Crippen molar-refractivity contribution in [2.24, 2.45) is 0 Å². The molecular formula is C9H14N4O3S. The summed E-state index contributed by atoms with van der Waals surface area (Å²) < 4.78 is 0. The van der Waals surface area contributed by atoms with Crippen LogP contribution in [0.25, 0.3) is 0 Å². The molecule has 1 unspecified atom stereocenters. The van der Waals surface area contributed by atoms with Gasteiger partial charge in [-0.3, -0.25) is 10.1 Å². The molecule has 0 aliphatic carbocycles. The molecule has 1 rings (SSSR count). The van der Waals surface area contributed by atoms with Crippen molar-refractivity contribution in [2.45, 2.75) is 32.7 Å². The molecule has 0 aliphatic heterocycles. The van der Waals surface area contributed by atoms with E-state index in [0.717, 1.165) is 5.01 Å². The van der Waals surface area contributed by atoms with E-state index in [1.54, 1.807) is 13.8 Å². The second-order valence-electron chi connectivity index (χ2n) is 3.56. The highest BCUT2D eigenvalue weighted by Gasteiger charge is 2.10. The van der Waals surface area contributed by atoms with E-state index in [1.165, 1.54) is 11.3 Å². The van der Waals surface area contributed by atoms with Crippen LogP contribution in [-0.2, 0) is 4.79 Å². The highest BCUT2D eigenvalue weighted by molar-refractivity contribution is 7.15. The van der Waals surface area contributed by atoms with Crippen molar-refractivity contribution in [2.75, 3.05) is 5.32 Å². The number of urea groups is 1. The first-order valence-corrected chi connectivity index (χ1v) is 5.88. The number of aryl methyl sites for hydroxylation is 1. The maximum absolute atomic E-state index is 11.4. The van der Waals surface area contributed by atoms with E-state index in [0.29, 0.717) is 11.6 Å². The zero-order chi connectivity index (χ0) is 12.8. The second kappa shape index (κ2) is 6.14. The number of aliphatic carboxylic acids is 1. The molecule has 0 saturated heterocycles. The molecular weight excluding hydrogens is 244 g/mol. The van der Waals surface area contributed by atoms with Crippen molar-refractivity contribution in [3.8, 4) is 0 Å². The smallest absolute Gasteiger partial charge is 0.321 e. The van der Waals surface area contributed by atoms with E-state index >= 15 is 0 Å². The summed E-state index contributed by atoms with van der Waals surface area (Å²) in [7, 11) is 0. The van der Waals surface area contributed by atoms with Crippen molar-refractivity contribution < 1.29 is 14.7 Å². The topological polar surface area (TPSA) is 104 Å². The number of carboxylic acids is 1. The highest BCUT2D eigenvalue weighted by Crippen LogP contribution is 2.13. The van der Waals surface area contributed by atoms with Crippen LogP contribution in [0.5, 0.6) is 0 Å². The van der Waals surface area contributed by atoms with Crippen molar-refractivity contribution >= 4 is 28.5 Å². The molecule has 0 saturated carbocycles. The van der Waals surface area contributed by atoms with E-state index < -0.39 is 12.0 Å². The van der Waals surface area contributed by atoms with Crippen LogP contribution in [0.2, 0.25) is 0 Å². The van der Waals surface area contributed by atoms with E-state index in [1.807, 2.05) is 0 Å². The minimum absolute atomic E-state index is 0.0271. The average Bonchev–Trinajstić information content (AvgIpc) is 2.60. The standard InChI is InChI=1S/C9H14N4O3S/c1-5(3-4-7(14)15)10-8(16)11-9-13-12-6(2)17-9/h5H,3-4H2,1-2H3,(H,14,15)(H2,10,11,13,16). The fraction of sp³-hybridized carbons (Fsp3) is 0.556. The Bertz CT molecular complexity index is 407. The quantitative estimate of drug-likeness (QED) is 0.736. The number of hydrogen-bond donors (Lipinski definition) is 3.